The van der Waals surface area contributed by atoms with Crippen molar-refractivity contribution < 1.29 is 14.6 Å². The molecule has 3 aliphatic rings. The number of amides is 1. The van der Waals surface area contributed by atoms with Crippen LogP contribution in [-0.2, 0) is 13.6 Å². The second-order valence-corrected chi connectivity index (χ2v) is 10.6. The van der Waals surface area contributed by atoms with Gasteiger partial charge in [-0.2, -0.15) is 4.98 Å². The number of nitrogens with zero attached hydrogens (tertiary/aromatic N) is 5. The summed E-state index contributed by atoms with van der Waals surface area (Å²) >= 11 is 0. The van der Waals surface area contributed by atoms with Gasteiger partial charge in [0.15, 0.2) is 5.82 Å². The molecule has 2 aliphatic carbocycles. The van der Waals surface area contributed by atoms with Crippen molar-refractivity contribution in [3.05, 3.63) is 35.9 Å². The van der Waals surface area contributed by atoms with Crippen LogP contribution in [0.5, 0.6) is 11.6 Å². The van der Waals surface area contributed by atoms with Crippen molar-refractivity contribution in [2.45, 2.75) is 44.3 Å². The molecule has 4 aromatic rings. The van der Waals surface area contributed by atoms with Gasteiger partial charge in [0.25, 0.3) is 5.91 Å². The van der Waals surface area contributed by atoms with Gasteiger partial charge in [0.05, 0.1) is 18.3 Å². The minimum Gasteiger partial charge on any atom is -0.506 e. The van der Waals surface area contributed by atoms with Crippen LogP contribution in [0.2, 0.25) is 0 Å². The van der Waals surface area contributed by atoms with Gasteiger partial charge in [-0.1, -0.05) is 0 Å². The Labute approximate surface area is 208 Å². The van der Waals surface area contributed by atoms with E-state index in [1.807, 2.05) is 28.6 Å². The fourth-order valence-corrected chi connectivity index (χ4v) is 6.28. The van der Waals surface area contributed by atoms with E-state index >= 15 is 0 Å². The van der Waals surface area contributed by atoms with Crippen molar-refractivity contribution in [2.24, 2.45) is 24.6 Å². The summed E-state index contributed by atoms with van der Waals surface area (Å²) < 4.78 is 9.50. The number of piperidine rings is 1. The summed E-state index contributed by atoms with van der Waals surface area (Å²) in [6.45, 7) is 1.55. The second kappa shape index (κ2) is 7.70. The number of likely N-dealkylation sites (tertiary alicyclic amines) is 1. The number of carbonyl (C=O) groups is 1. The fraction of sp³-hybridized carbons (Fsp3) is 0.444. The van der Waals surface area contributed by atoms with Gasteiger partial charge in [-0.15, -0.1) is 0 Å². The minimum atomic E-state index is -0.0822. The zero-order valence-corrected chi connectivity index (χ0v) is 20.5. The second-order valence-electron chi connectivity index (χ2n) is 10.6. The number of nitrogens with two attached hydrogens (primary N) is 1. The van der Waals surface area contributed by atoms with Crippen LogP contribution < -0.4 is 10.5 Å². The number of ether oxygens (including phenoxy) is 1. The van der Waals surface area contributed by atoms with Crippen molar-refractivity contribution in [3.63, 3.8) is 0 Å². The molecule has 186 valence electrons. The highest BCUT2D eigenvalue weighted by Crippen LogP contribution is 2.40. The van der Waals surface area contributed by atoms with Crippen LogP contribution in [0.25, 0.3) is 33.6 Å². The molecule has 1 saturated heterocycles. The fourth-order valence-electron chi connectivity index (χ4n) is 6.28. The molecule has 2 saturated carbocycles. The van der Waals surface area contributed by atoms with Crippen molar-refractivity contribution in [3.8, 4) is 23.1 Å². The Hall–Kier alpha value is -3.59. The predicted octanol–water partition coefficient (Wildman–Crippen LogP) is 3.28. The number of carbonyl (C=O) groups excluding carboxylic acids is 1. The molecule has 36 heavy (non-hydrogen) atoms. The van der Waals surface area contributed by atoms with Gasteiger partial charge >= 0.3 is 0 Å². The monoisotopic (exact) mass is 486 g/mol. The molecule has 3 fully saturated rings. The van der Waals surface area contributed by atoms with Crippen molar-refractivity contribution in [1.82, 2.24) is 24.0 Å². The number of imidazole rings is 1. The van der Waals surface area contributed by atoms with Crippen LogP contribution in [0.15, 0.2) is 30.3 Å². The first-order chi connectivity index (χ1) is 17.4. The lowest BCUT2D eigenvalue weighted by atomic mass is 10.1. The van der Waals surface area contributed by atoms with E-state index in [0.29, 0.717) is 40.9 Å². The first-order valence-electron chi connectivity index (χ1n) is 12.7. The SMILES string of the molecule is COc1ccc2cc(-c3nc4cc(C(=O)N5C[C@H]6CC[C@@H]5[C@@H]6N)cc(O)c4n3C)n(CC3CC3)c2n1. The summed E-state index contributed by atoms with van der Waals surface area (Å²) in [5.74, 6) is 2.27. The third kappa shape index (κ3) is 3.15. The molecule has 0 spiro atoms. The van der Waals surface area contributed by atoms with E-state index in [2.05, 4.69) is 10.6 Å². The third-order valence-corrected chi connectivity index (χ3v) is 8.40. The number of phenolic OH excluding ortho intramolecular Hbond substituents is 1. The van der Waals surface area contributed by atoms with Crippen LogP contribution in [0.4, 0.5) is 0 Å². The average Bonchev–Trinajstić information content (AvgIpc) is 3.28. The first kappa shape index (κ1) is 21.7. The molecule has 1 aliphatic heterocycles. The quantitative estimate of drug-likeness (QED) is 0.448. The number of rotatable bonds is 5. The number of aromatic nitrogens is 4. The van der Waals surface area contributed by atoms with Crippen molar-refractivity contribution >= 4 is 28.0 Å². The van der Waals surface area contributed by atoms with Crippen LogP contribution in [0.3, 0.4) is 0 Å². The Bertz CT molecular complexity index is 1530. The highest BCUT2D eigenvalue weighted by Gasteiger charge is 2.47. The Balaban J connectivity index is 1.33. The maximum Gasteiger partial charge on any atom is 0.254 e. The minimum absolute atomic E-state index is 0.0494. The van der Waals surface area contributed by atoms with E-state index in [1.165, 1.54) is 12.8 Å². The lowest BCUT2D eigenvalue weighted by molar-refractivity contribution is 0.0700. The number of benzene rings is 1. The first-order valence-corrected chi connectivity index (χ1v) is 12.7. The molecule has 1 aromatic carbocycles. The topological polar surface area (TPSA) is 111 Å². The van der Waals surface area contributed by atoms with Crippen LogP contribution in [-0.4, -0.2) is 60.8 Å². The van der Waals surface area contributed by atoms with Crippen molar-refractivity contribution in [1.29, 1.82) is 0 Å². The van der Waals surface area contributed by atoms with Gasteiger partial charge in [0.2, 0.25) is 5.88 Å². The highest BCUT2D eigenvalue weighted by molar-refractivity contribution is 6.00. The molecule has 0 radical (unpaired) electrons. The van der Waals surface area contributed by atoms with E-state index < -0.39 is 0 Å². The van der Waals surface area contributed by atoms with Gasteiger partial charge < -0.3 is 29.6 Å². The Kier molecular flexibility index (Phi) is 4.64. The van der Waals surface area contributed by atoms with Gasteiger partial charge in [-0.05, 0) is 61.8 Å². The van der Waals surface area contributed by atoms with E-state index in [0.717, 1.165) is 41.9 Å². The van der Waals surface area contributed by atoms with Crippen LogP contribution in [0.1, 0.15) is 36.0 Å². The molecular weight excluding hydrogens is 456 g/mol. The molecule has 3 atom stereocenters. The maximum atomic E-state index is 13.4. The molecule has 9 nitrogen and oxygen atoms in total. The number of methoxy groups -OCH3 is 1. The Morgan fingerprint density at radius 1 is 1.17 bits per heavy atom. The number of hydrogen-bond donors (Lipinski definition) is 2. The summed E-state index contributed by atoms with van der Waals surface area (Å²) in [4.78, 5) is 24.9. The van der Waals surface area contributed by atoms with Gasteiger partial charge in [-0.25, -0.2) is 4.98 Å². The molecule has 3 N–H and O–H groups in total. The molecule has 3 aromatic heterocycles. The summed E-state index contributed by atoms with van der Waals surface area (Å²) in [6.07, 6.45) is 4.45. The number of aromatic hydroxyl groups is 1. The van der Waals surface area contributed by atoms with E-state index in [9.17, 15) is 9.90 Å². The molecule has 2 bridgehead atoms. The highest BCUT2D eigenvalue weighted by atomic mass is 16.5. The molecular formula is C27H30N6O3. The zero-order chi connectivity index (χ0) is 24.7. The molecule has 1 amide bonds. The lowest BCUT2D eigenvalue weighted by Gasteiger charge is -2.27. The summed E-state index contributed by atoms with van der Waals surface area (Å²) in [5.41, 5.74) is 9.78. The number of pyridine rings is 1. The summed E-state index contributed by atoms with van der Waals surface area (Å²) in [6, 6.07) is 9.47. The number of phenols is 1. The summed E-state index contributed by atoms with van der Waals surface area (Å²) in [7, 11) is 3.52. The predicted molar refractivity (Wildman–Crippen MR) is 136 cm³/mol. The molecule has 7 rings (SSSR count). The van der Waals surface area contributed by atoms with E-state index in [4.69, 9.17) is 20.4 Å². The average molecular weight is 487 g/mol. The molecule has 0 unspecified atom stereocenters. The lowest BCUT2D eigenvalue weighted by Crippen LogP contribution is -2.41. The third-order valence-electron chi connectivity index (χ3n) is 8.40. The van der Waals surface area contributed by atoms with Crippen LogP contribution in [0, 0.1) is 11.8 Å². The standard InChI is InChI=1S/C27H30N6O3/c1-31-24-18(9-17(11-21(24)34)27(35)33-13-16-5-7-19(33)23(16)28)29-26(31)20-10-15-6-8-22(36-2)30-25(15)32(20)12-14-3-4-14/h6,8-11,14,16,19,23,34H,3-5,7,12-13,28H2,1-2H3/t16-,19-,23-/m1/s1. The smallest absolute Gasteiger partial charge is 0.254 e. The zero-order valence-electron chi connectivity index (χ0n) is 20.5. The normalized spacial score (nSPS) is 23.3. The Morgan fingerprint density at radius 2 is 2.00 bits per heavy atom. The van der Waals surface area contributed by atoms with Crippen molar-refractivity contribution in [2.75, 3.05) is 13.7 Å². The number of hydrogen-bond acceptors (Lipinski definition) is 6. The Morgan fingerprint density at radius 3 is 2.69 bits per heavy atom. The summed E-state index contributed by atoms with van der Waals surface area (Å²) in [5, 5.41) is 12.0. The maximum absolute atomic E-state index is 13.4. The van der Waals surface area contributed by atoms with E-state index in [1.54, 1.807) is 19.2 Å². The molecule has 4 heterocycles. The number of aryl methyl sites for hydroxylation is 1. The van der Waals surface area contributed by atoms with Gasteiger partial charge in [0.1, 0.15) is 16.9 Å². The van der Waals surface area contributed by atoms with E-state index in [-0.39, 0.29) is 23.7 Å². The largest absolute Gasteiger partial charge is 0.506 e. The van der Waals surface area contributed by atoms with Crippen LogP contribution >= 0.6 is 0 Å². The van der Waals surface area contributed by atoms with Gasteiger partial charge in [-0.3, -0.25) is 4.79 Å². The van der Waals surface area contributed by atoms with Gasteiger partial charge in [0, 0.05) is 49.2 Å². The number of fused-ring (bicyclic) bond motifs is 4. The molecule has 9 heteroatoms.